The lowest BCUT2D eigenvalue weighted by Crippen LogP contribution is -2.40. The molecule has 2 amide bonds. The molecule has 0 aliphatic carbocycles. The van der Waals surface area contributed by atoms with Gasteiger partial charge in [0.2, 0.25) is 5.91 Å². The number of halogens is 1. The molecule has 0 saturated carbocycles. The molecule has 1 atom stereocenters. The molecule has 6 heteroatoms. The zero-order valence-corrected chi connectivity index (χ0v) is 12.9. The maximum atomic E-state index is 13.5. The topological polar surface area (TPSA) is 67.4 Å². The van der Waals surface area contributed by atoms with E-state index in [1.54, 1.807) is 6.07 Å². The predicted molar refractivity (Wildman–Crippen MR) is 86.2 cm³/mol. The Labute approximate surface area is 138 Å². The number of carbonyl (C=O) groups is 2. The van der Waals surface area contributed by atoms with Gasteiger partial charge in [0.1, 0.15) is 11.6 Å². The van der Waals surface area contributed by atoms with Gasteiger partial charge in [-0.15, -0.1) is 0 Å². The molecule has 124 valence electrons. The van der Waals surface area contributed by atoms with E-state index < -0.39 is 11.7 Å². The van der Waals surface area contributed by atoms with Gasteiger partial charge < -0.3 is 15.4 Å². The van der Waals surface area contributed by atoms with Gasteiger partial charge in [-0.1, -0.05) is 30.3 Å². The molecule has 0 spiro atoms. The minimum atomic E-state index is -0.617. The van der Waals surface area contributed by atoms with Crippen LogP contribution in [0.25, 0.3) is 0 Å². The molecule has 2 aromatic carbocycles. The second kappa shape index (κ2) is 7.12. The maximum absolute atomic E-state index is 13.5. The van der Waals surface area contributed by atoms with Crippen LogP contribution in [0.5, 0.6) is 5.75 Å². The first-order valence-corrected chi connectivity index (χ1v) is 7.69. The van der Waals surface area contributed by atoms with Gasteiger partial charge in [0.25, 0.3) is 5.91 Å². The normalized spacial score (nSPS) is 15.8. The quantitative estimate of drug-likeness (QED) is 0.904. The van der Waals surface area contributed by atoms with Crippen molar-refractivity contribution in [1.82, 2.24) is 10.6 Å². The number of para-hydroxylation sites is 1. The van der Waals surface area contributed by atoms with Crippen LogP contribution < -0.4 is 15.4 Å². The molecule has 1 aliphatic rings. The Morgan fingerprint density at radius 3 is 2.71 bits per heavy atom. The Bertz CT molecular complexity index is 763. The Morgan fingerprint density at radius 2 is 1.88 bits per heavy atom. The summed E-state index contributed by atoms with van der Waals surface area (Å²) >= 11 is 0. The Morgan fingerprint density at radius 1 is 1.12 bits per heavy atom. The summed E-state index contributed by atoms with van der Waals surface area (Å²) in [5, 5.41) is 5.30. The fraction of sp³-hybridized carbons (Fsp3) is 0.222. The van der Waals surface area contributed by atoms with Gasteiger partial charge in [-0.25, -0.2) is 4.39 Å². The Kier molecular flexibility index (Phi) is 4.74. The average Bonchev–Trinajstić information content (AvgIpc) is 2.60. The van der Waals surface area contributed by atoms with E-state index in [4.69, 9.17) is 4.74 Å². The lowest BCUT2D eigenvalue weighted by molar-refractivity contribution is -0.121. The molecule has 5 nitrogen and oxygen atoms in total. The lowest BCUT2D eigenvalue weighted by atomic mass is 10.0. The van der Waals surface area contributed by atoms with E-state index in [9.17, 15) is 14.0 Å². The van der Waals surface area contributed by atoms with Crippen molar-refractivity contribution in [2.45, 2.75) is 12.5 Å². The van der Waals surface area contributed by atoms with Gasteiger partial charge in [-0.05, 0) is 18.2 Å². The number of ether oxygens (including phenoxy) is 1. The molecule has 1 aliphatic heterocycles. The minimum Gasteiger partial charge on any atom is -0.493 e. The number of amides is 2. The molecular weight excluding hydrogens is 311 g/mol. The number of nitrogens with one attached hydrogen (secondary N) is 2. The molecule has 3 rings (SSSR count). The van der Waals surface area contributed by atoms with Crippen LogP contribution in [0.3, 0.4) is 0 Å². The second-order valence-electron chi connectivity index (χ2n) is 5.46. The monoisotopic (exact) mass is 328 g/mol. The van der Waals surface area contributed by atoms with Gasteiger partial charge in [-0.2, -0.15) is 0 Å². The summed E-state index contributed by atoms with van der Waals surface area (Å²) in [6, 6.07) is 13.0. The van der Waals surface area contributed by atoms with Gasteiger partial charge in [-0.3, -0.25) is 9.59 Å². The number of rotatable bonds is 4. The average molecular weight is 328 g/mol. The van der Waals surface area contributed by atoms with Crippen molar-refractivity contribution < 1.29 is 18.7 Å². The molecule has 2 aromatic rings. The summed E-state index contributed by atoms with van der Waals surface area (Å²) in [5.74, 6) is -0.810. The largest absolute Gasteiger partial charge is 0.493 e. The van der Waals surface area contributed by atoms with Gasteiger partial charge in [0.05, 0.1) is 24.8 Å². The number of carbonyl (C=O) groups excluding carboxylic acids is 2. The SMILES string of the molecule is O=C(CNC(=O)c1ccccc1F)N[C@H]1CCOc2ccccc21. The van der Waals surface area contributed by atoms with E-state index in [2.05, 4.69) is 10.6 Å². The number of fused-ring (bicyclic) bond motifs is 1. The van der Waals surface area contributed by atoms with E-state index in [0.29, 0.717) is 13.0 Å². The Hall–Kier alpha value is -2.89. The third kappa shape index (κ3) is 3.53. The van der Waals surface area contributed by atoms with Crippen LogP contribution in [-0.2, 0) is 4.79 Å². The number of hydrogen-bond acceptors (Lipinski definition) is 3. The molecular formula is C18H17FN2O3. The fourth-order valence-corrected chi connectivity index (χ4v) is 2.64. The molecule has 0 saturated heterocycles. The Balaban J connectivity index is 1.57. The van der Waals surface area contributed by atoms with Crippen molar-refractivity contribution >= 4 is 11.8 Å². The van der Waals surface area contributed by atoms with Crippen LogP contribution in [0, 0.1) is 5.82 Å². The summed E-state index contributed by atoms with van der Waals surface area (Å²) in [5.41, 5.74) is 0.833. The standard InChI is InChI=1S/C18H17FN2O3/c19-14-7-3-1-5-12(14)18(23)20-11-17(22)21-15-9-10-24-16-8-4-2-6-13(15)16/h1-8,15H,9-11H2,(H,20,23)(H,21,22)/t15-/m0/s1. The summed E-state index contributed by atoms with van der Waals surface area (Å²) in [6.45, 7) is 0.302. The van der Waals surface area contributed by atoms with E-state index in [1.165, 1.54) is 18.2 Å². The molecule has 0 radical (unpaired) electrons. The summed E-state index contributed by atoms with van der Waals surface area (Å²) in [4.78, 5) is 24.0. The molecule has 1 heterocycles. The highest BCUT2D eigenvalue weighted by molar-refractivity contribution is 5.96. The van der Waals surface area contributed by atoms with E-state index in [-0.39, 0.29) is 24.1 Å². The molecule has 24 heavy (non-hydrogen) atoms. The van der Waals surface area contributed by atoms with Crippen LogP contribution in [0.2, 0.25) is 0 Å². The molecule has 0 bridgehead atoms. The van der Waals surface area contributed by atoms with Crippen molar-refractivity contribution in [3.05, 3.63) is 65.5 Å². The van der Waals surface area contributed by atoms with Crippen molar-refractivity contribution in [3.63, 3.8) is 0 Å². The zero-order valence-electron chi connectivity index (χ0n) is 12.9. The zero-order chi connectivity index (χ0) is 16.9. The third-order valence-electron chi connectivity index (χ3n) is 3.82. The molecule has 2 N–H and O–H groups in total. The smallest absolute Gasteiger partial charge is 0.254 e. The highest BCUT2D eigenvalue weighted by atomic mass is 19.1. The fourth-order valence-electron chi connectivity index (χ4n) is 2.64. The van der Waals surface area contributed by atoms with Crippen LogP contribution in [0.1, 0.15) is 28.4 Å². The summed E-state index contributed by atoms with van der Waals surface area (Å²) in [6.07, 6.45) is 0.657. The lowest BCUT2D eigenvalue weighted by Gasteiger charge is -2.26. The highest BCUT2D eigenvalue weighted by Gasteiger charge is 2.22. The minimum absolute atomic E-state index is 0.0817. The van der Waals surface area contributed by atoms with Gasteiger partial charge >= 0.3 is 0 Å². The van der Waals surface area contributed by atoms with E-state index in [1.807, 2.05) is 24.3 Å². The summed E-state index contributed by atoms with van der Waals surface area (Å²) < 4.78 is 19.1. The first kappa shape index (κ1) is 16.0. The van der Waals surface area contributed by atoms with Crippen LogP contribution >= 0.6 is 0 Å². The van der Waals surface area contributed by atoms with Crippen molar-refractivity contribution in [1.29, 1.82) is 0 Å². The highest BCUT2D eigenvalue weighted by Crippen LogP contribution is 2.31. The number of hydrogen-bond donors (Lipinski definition) is 2. The van der Waals surface area contributed by atoms with Gasteiger partial charge in [0.15, 0.2) is 0 Å². The van der Waals surface area contributed by atoms with Crippen LogP contribution in [0.15, 0.2) is 48.5 Å². The number of benzene rings is 2. The van der Waals surface area contributed by atoms with Crippen molar-refractivity contribution in [3.8, 4) is 5.75 Å². The summed E-state index contributed by atoms with van der Waals surface area (Å²) in [7, 11) is 0. The van der Waals surface area contributed by atoms with Crippen LogP contribution in [0.4, 0.5) is 4.39 Å². The van der Waals surface area contributed by atoms with Gasteiger partial charge in [0, 0.05) is 12.0 Å². The first-order valence-electron chi connectivity index (χ1n) is 7.69. The second-order valence-corrected chi connectivity index (χ2v) is 5.46. The van der Waals surface area contributed by atoms with E-state index >= 15 is 0 Å². The van der Waals surface area contributed by atoms with Crippen molar-refractivity contribution in [2.75, 3.05) is 13.2 Å². The van der Waals surface area contributed by atoms with E-state index in [0.717, 1.165) is 11.3 Å². The van der Waals surface area contributed by atoms with Crippen LogP contribution in [-0.4, -0.2) is 25.0 Å². The molecule has 0 fully saturated rings. The third-order valence-corrected chi connectivity index (χ3v) is 3.82. The maximum Gasteiger partial charge on any atom is 0.254 e. The first-order chi connectivity index (χ1) is 11.6. The molecule has 0 unspecified atom stereocenters. The van der Waals surface area contributed by atoms with Crippen molar-refractivity contribution in [2.24, 2.45) is 0 Å². The predicted octanol–water partition coefficient (Wildman–Crippen LogP) is 2.20. The molecule has 0 aromatic heterocycles.